The van der Waals surface area contributed by atoms with Gasteiger partial charge in [-0.25, -0.2) is 4.79 Å². The minimum absolute atomic E-state index is 0.0131. The molecule has 0 atom stereocenters. The first-order valence-corrected chi connectivity index (χ1v) is 4.57. The number of carbonyl (C=O) groups is 1. The normalized spacial score (nSPS) is 13.7. The first-order valence-electron chi connectivity index (χ1n) is 4.57. The van der Waals surface area contributed by atoms with Crippen LogP contribution < -0.4 is 4.90 Å². The van der Waals surface area contributed by atoms with Gasteiger partial charge < -0.3 is 15.1 Å². The third-order valence-electron chi connectivity index (χ3n) is 2.37. The number of benzene rings is 1. The van der Waals surface area contributed by atoms with Crippen LogP contribution in [-0.2, 0) is 0 Å². The summed E-state index contributed by atoms with van der Waals surface area (Å²) >= 11 is 0. The van der Waals surface area contributed by atoms with Gasteiger partial charge in [0.15, 0.2) is 0 Å². The number of carboxylic acid groups (broad SMARTS) is 1. The van der Waals surface area contributed by atoms with Crippen molar-refractivity contribution in [3.05, 3.63) is 35.5 Å². The van der Waals surface area contributed by atoms with Gasteiger partial charge in [-0.05, 0) is 24.3 Å². The lowest BCUT2D eigenvalue weighted by Gasteiger charge is -2.30. The summed E-state index contributed by atoms with van der Waals surface area (Å²) in [5.74, 6) is -1.24. The Labute approximate surface area is 91.5 Å². The van der Waals surface area contributed by atoms with E-state index in [1.807, 2.05) is 6.07 Å². The van der Waals surface area contributed by atoms with Crippen LogP contribution in [-0.4, -0.2) is 22.7 Å². The molecule has 1 aliphatic heterocycles. The molecule has 1 aromatic rings. The molecular weight excluding hydrogens is 208 g/mol. The van der Waals surface area contributed by atoms with Gasteiger partial charge in [-0.3, -0.25) is 0 Å². The molecule has 0 saturated carbocycles. The molecule has 1 aliphatic rings. The van der Waals surface area contributed by atoms with Gasteiger partial charge in [-0.1, -0.05) is 0 Å². The smallest absolute Gasteiger partial charge is 0.337 e. The highest BCUT2D eigenvalue weighted by molar-refractivity contribution is 5.96. The van der Waals surface area contributed by atoms with Crippen molar-refractivity contribution in [2.75, 3.05) is 11.4 Å². The van der Waals surface area contributed by atoms with E-state index in [2.05, 4.69) is 0 Å². The molecule has 0 amide bonds. The number of carboxylic acids is 1. The van der Waals surface area contributed by atoms with Gasteiger partial charge >= 0.3 is 5.97 Å². The molecule has 80 valence electrons. The summed E-state index contributed by atoms with van der Waals surface area (Å²) < 4.78 is 0. The van der Waals surface area contributed by atoms with E-state index in [0.29, 0.717) is 17.9 Å². The molecule has 0 spiro atoms. The number of allylic oxidation sites excluding steroid dienone is 1. The van der Waals surface area contributed by atoms with Gasteiger partial charge in [0, 0.05) is 6.54 Å². The second-order valence-corrected chi connectivity index (χ2v) is 3.32. The summed E-state index contributed by atoms with van der Waals surface area (Å²) in [7, 11) is 0. The van der Waals surface area contributed by atoms with Crippen molar-refractivity contribution in [1.29, 1.82) is 5.26 Å². The summed E-state index contributed by atoms with van der Waals surface area (Å²) in [6, 6.07) is 6.02. The topological polar surface area (TPSA) is 84.6 Å². The maximum Gasteiger partial charge on any atom is 0.337 e. The van der Waals surface area contributed by atoms with Gasteiger partial charge in [0.05, 0.1) is 11.3 Å². The molecule has 0 unspecified atom stereocenters. The fourth-order valence-corrected chi connectivity index (χ4v) is 1.54. The first-order chi connectivity index (χ1) is 7.63. The zero-order chi connectivity index (χ0) is 11.7. The second kappa shape index (κ2) is 3.59. The second-order valence-electron chi connectivity index (χ2n) is 3.32. The minimum atomic E-state index is -1.13. The summed E-state index contributed by atoms with van der Waals surface area (Å²) in [5, 5.41) is 26.9. The third kappa shape index (κ3) is 1.46. The summed E-state index contributed by atoms with van der Waals surface area (Å²) in [6.45, 7) is 0.508. The molecule has 5 heteroatoms. The highest BCUT2D eigenvalue weighted by Crippen LogP contribution is 2.30. The number of anilines is 1. The first kappa shape index (κ1) is 10.1. The van der Waals surface area contributed by atoms with Crippen LogP contribution in [0.15, 0.2) is 30.0 Å². The van der Waals surface area contributed by atoms with Crippen LogP contribution in [0.2, 0.25) is 0 Å². The van der Waals surface area contributed by atoms with E-state index < -0.39 is 5.97 Å². The Morgan fingerprint density at radius 2 is 2.25 bits per heavy atom. The van der Waals surface area contributed by atoms with E-state index >= 15 is 0 Å². The lowest BCUT2D eigenvalue weighted by Crippen LogP contribution is -2.31. The highest BCUT2D eigenvalue weighted by atomic mass is 16.4. The van der Waals surface area contributed by atoms with Gasteiger partial charge in [0.1, 0.15) is 17.5 Å². The maximum absolute atomic E-state index is 11.0. The average molecular weight is 216 g/mol. The largest absolute Gasteiger partial charge is 0.508 e. The van der Waals surface area contributed by atoms with Crippen LogP contribution in [0.5, 0.6) is 5.75 Å². The molecule has 0 aromatic heterocycles. The number of rotatable bonds is 2. The maximum atomic E-state index is 11.0. The number of aromatic carboxylic acids is 1. The highest BCUT2D eigenvalue weighted by Gasteiger charge is 2.23. The Morgan fingerprint density at radius 3 is 2.75 bits per heavy atom. The lowest BCUT2D eigenvalue weighted by atomic mass is 10.1. The molecule has 1 heterocycles. The van der Waals surface area contributed by atoms with Crippen molar-refractivity contribution in [2.45, 2.75) is 0 Å². The van der Waals surface area contributed by atoms with Crippen molar-refractivity contribution in [1.82, 2.24) is 0 Å². The number of aromatic hydroxyl groups is 1. The van der Waals surface area contributed by atoms with E-state index in [0.717, 1.165) is 0 Å². The Kier molecular flexibility index (Phi) is 2.25. The van der Waals surface area contributed by atoms with E-state index in [1.54, 1.807) is 11.0 Å². The predicted octanol–water partition coefficient (Wildman–Crippen LogP) is 1.32. The standard InChI is InChI=1S/C11H8N2O3/c12-6-7-3-4-13(7)10-2-1-8(14)5-9(10)11(15)16/h1-3,5,14H,4H2,(H,15,16). The fourth-order valence-electron chi connectivity index (χ4n) is 1.54. The Hall–Kier alpha value is -2.48. The van der Waals surface area contributed by atoms with E-state index in [1.165, 1.54) is 18.2 Å². The lowest BCUT2D eigenvalue weighted by molar-refractivity contribution is 0.0697. The SMILES string of the molecule is N#CC1=CCN1c1ccc(O)cc1C(=O)O. The van der Waals surface area contributed by atoms with Gasteiger partial charge in [0.25, 0.3) is 0 Å². The molecule has 2 rings (SSSR count). The monoisotopic (exact) mass is 216 g/mol. The molecule has 16 heavy (non-hydrogen) atoms. The number of hydrogen-bond acceptors (Lipinski definition) is 4. The number of nitriles is 1. The molecule has 0 radical (unpaired) electrons. The van der Waals surface area contributed by atoms with Gasteiger partial charge in [0.2, 0.25) is 0 Å². The van der Waals surface area contributed by atoms with E-state index in [-0.39, 0.29) is 11.3 Å². The zero-order valence-electron chi connectivity index (χ0n) is 8.21. The molecule has 1 aromatic carbocycles. The van der Waals surface area contributed by atoms with Crippen molar-refractivity contribution in [3.8, 4) is 11.8 Å². The molecule has 0 saturated heterocycles. The number of phenols is 1. The van der Waals surface area contributed by atoms with Crippen molar-refractivity contribution < 1.29 is 15.0 Å². The van der Waals surface area contributed by atoms with Crippen LogP contribution >= 0.6 is 0 Å². The molecule has 0 fully saturated rings. The Morgan fingerprint density at radius 1 is 1.50 bits per heavy atom. The van der Waals surface area contributed by atoms with Gasteiger partial charge in [-0.2, -0.15) is 5.26 Å². The number of nitrogens with zero attached hydrogens (tertiary/aromatic N) is 2. The van der Waals surface area contributed by atoms with Crippen molar-refractivity contribution in [2.24, 2.45) is 0 Å². The van der Waals surface area contributed by atoms with Crippen molar-refractivity contribution >= 4 is 11.7 Å². The van der Waals surface area contributed by atoms with Gasteiger partial charge in [-0.15, -0.1) is 0 Å². The van der Waals surface area contributed by atoms with Crippen LogP contribution in [0.4, 0.5) is 5.69 Å². The summed E-state index contributed by atoms with van der Waals surface area (Å²) in [5.41, 5.74) is 0.832. The van der Waals surface area contributed by atoms with E-state index in [9.17, 15) is 9.90 Å². The Balaban J connectivity index is 2.46. The van der Waals surface area contributed by atoms with Crippen LogP contribution in [0.25, 0.3) is 0 Å². The zero-order valence-corrected chi connectivity index (χ0v) is 8.21. The van der Waals surface area contributed by atoms with Crippen molar-refractivity contribution in [3.63, 3.8) is 0 Å². The van der Waals surface area contributed by atoms with Crippen LogP contribution in [0.3, 0.4) is 0 Å². The summed E-state index contributed by atoms with van der Waals surface area (Å²) in [4.78, 5) is 12.6. The third-order valence-corrected chi connectivity index (χ3v) is 2.37. The number of phenolic OH excluding ortho intramolecular Hbond substituents is 1. The molecule has 2 N–H and O–H groups in total. The number of hydrogen-bond donors (Lipinski definition) is 2. The minimum Gasteiger partial charge on any atom is -0.508 e. The molecule has 0 aliphatic carbocycles. The molecular formula is C11H8N2O3. The summed E-state index contributed by atoms with van der Waals surface area (Å²) in [6.07, 6.45) is 1.71. The molecule has 5 nitrogen and oxygen atoms in total. The van der Waals surface area contributed by atoms with Crippen LogP contribution in [0, 0.1) is 11.3 Å². The predicted molar refractivity (Wildman–Crippen MR) is 56.1 cm³/mol. The fraction of sp³-hybridized carbons (Fsp3) is 0.0909. The average Bonchev–Trinajstić information content (AvgIpc) is 2.19. The van der Waals surface area contributed by atoms with Crippen LogP contribution in [0.1, 0.15) is 10.4 Å². The molecule has 0 bridgehead atoms. The quantitative estimate of drug-likeness (QED) is 0.778. The van der Waals surface area contributed by atoms with E-state index in [4.69, 9.17) is 10.4 Å². The Bertz CT molecular complexity index is 529.